The van der Waals surface area contributed by atoms with E-state index >= 15 is 0 Å². The van der Waals surface area contributed by atoms with E-state index in [2.05, 4.69) is 0 Å². The normalized spacial score (nSPS) is 22.3. The molecule has 22 heavy (non-hydrogen) atoms. The van der Waals surface area contributed by atoms with E-state index in [0.717, 1.165) is 12.2 Å². The van der Waals surface area contributed by atoms with E-state index in [-0.39, 0.29) is 18.1 Å². The van der Waals surface area contributed by atoms with Crippen LogP contribution in [0.15, 0.2) is 24.3 Å². The van der Waals surface area contributed by atoms with Crippen molar-refractivity contribution >= 4 is 6.09 Å². The summed E-state index contributed by atoms with van der Waals surface area (Å²) in [5, 5.41) is 0. The highest BCUT2D eigenvalue weighted by molar-refractivity contribution is 5.68. The SMILES string of the molecule is COc1ccc([C@H]2CCN(C(=O)OC(C)(C)C)C[C@H]2N)cc1. The Bertz CT molecular complexity index is 508. The Labute approximate surface area is 132 Å². The van der Waals surface area contributed by atoms with E-state index in [4.69, 9.17) is 15.2 Å². The van der Waals surface area contributed by atoms with E-state index in [1.807, 2.05) is 45.0 Å². The minimum absolute atomic E-state index is 0.0883. The van der Waals surface area contributed by atoms with Crippen molar-refractivity contribution in [3.05, 3.63) is 29.8 Å². The standard InChI is InChI=1S/C17H26N2O3/c1-17(2,3)22-16(20)19-10-9-14(15(18)11-19)12-5-7-13(21-4)8-6-12/h5-8,14-15H,9-11,18H2,1-4H3/t14-,15-/m1/s1. The number of ether oxygens (including phenoxy) is 2. The second-order valence-electron chi connectivity index (χ2n) is 6.76. The zero-order valence-corrected chi connectivity index (χ0v) is 13.8. The van der Waals surface area contributed by atoms with Crippen LogP contribution in [0.1, 0.15) is 38.7 Å². The van der Waals surface area contributed by atoms with Crippen molar-refractivity contribution < 1.29 is 14.3 Å². The van der Waals surface area contributed by atoms with Crippen LogP contribution in [-0.2, 0) is 4.74 Å². The molecule has 0 saturated carbocycles. The van der Waals surface area contributed by atoms with Crippen molar-refractivity contribution in [3.8, 4) is 5.75 Å². The molecule has 2 atom stereocenters. The van der Waals surface area contributed by atoms with Gasteiger partial charge in [0.2, 0.25) is 0 Å². The predicted molar refractivity (Wildman–Crippen MR) is 86.1 cm³/mol. The molecule has 5 heteroatoms. The van der Waals surface area contributed by atoms with Gasteiger partial charge in [-0.3, -0.25) is 0 Å². The maximum Gasteiger partial charge on any atom is 0.410 e. The van der Waals surface area contributed by atoms with Crippen LogP contribution in [0.5, 0.6) is 5.75 Å². The molecule has 122 valence electrons. The molecule has 0 aromatic heterocycles. The lowest BCUT2D eigenvalue weighted by atomic mass is 9.86. The molecule has 0 aliphatic carbocycles. The van der Waals surface area contributed by atoms with Crippen molar-refractivity contribution in [2.24, 2.45) is 5.73 Å². The minimum Gasteiger partial charge on any atom is -0.497 e. The number of methoxy groups -OCH3 is 1. The number of carbonyl (C=O) groups excluding carboxylic acids is 1. The number of nitrogens with two attached hydrogens (primary N) is 1. The number of nitrogens with zero attached hydrogens (tertiary/aromatic N) is 1. The zero-order chi connectivity index (χ0) is 16.3. The van der Waals surface area contributed by atoms with Crippen LogP contribution >= 0.6 is 0 Å². The first-order chi connectivity index (χ1) is 10.3. The molecular formula is C17H26N2O3. The average molecular weight is 306 g/mol. The predicted octanol–water partition coefficient (Wildman–Crippen LogP) is 2.75. The number of hydrogen-bond acceptors (Lipinski definition) is 4. The monoisotopic (exact) mass is 306 g/mol. The molecule has 0 unspecified atom stereocenters. The Morgan fingerprint density at radius 3 is 2.41 bits per heavy atom. The maximum atomic E-state index is 12.1. The fraction of sp³-hybridized carbons (Fsp3) is 0.588. The first-order valence-corrected chi connectivity index (χ1v) is 7.67. The summed E-state index contributed by atoms with van der Waals surface area (Å²) >= 11 is 0. The fourth-order valence-electron chi connectivity index (χ4n) is 2.74. The summed E-state index contributed by atoms with van der Waals surface area (Å²) in [7, 11) is 1.65. The third kappa shape index (κ3) is 4.13. The van der Waals surface area contributed by atoms with Crippen molar-refractivity contribution in [2.45, 2.75) is 44.8 Å². The molecule has 0 radical (unpaired) electrons. The third-order valence-electron chi connectivity index (χ3n) is 3.85. The number of piperidine rings is 1. The van der Waals surface area contributed by atoms with Gasteiger partial charge in [-0.2, -0.15) is 0 Å². The molecule has 2 N–H and O–H groups in total. The molecule has 2 rings (SSSR count). The maximum absolute atomic E-state index is 12.1. The second-order valence-corrected chi connectivity index (χ2v) is 6.76. The Hall–Kier alpha value is -1.75. The lowest BCUT2D eigenvalue weighted by Crippen LogP contribution is -2.50. The summed E-state index contributed by atoms with van der Waals surface area (Å²) < 4.78 is 10.6. The lowest BCUT2D eigenvalue weighted by molar-refractivity contribution is 0.0186. The van der Waals surface area contributed by atoms with Gasteiger partial charge in [-0.05, 0) is 44.9 Å². The third-order valence-corrected chi connectivity index (χ3v) is 3.85. The Morgan fingerprint density at radius 1 is 1.27 bits per heavy atom. The van der Waals surface area contributed by atoms with Crippen LogP contribution < -0.4 is 10.5 Å². The fourth-order valence-corrected chi connectivity index (χ4v) is 2.74. The van der Waals surface area contributed by atoms with Gasteiger partial charge in [-0.15, -0.1) is 0 Å². The van der Waals surface area contributed by atoms with Crippen molar-refractivity contribution in [1.29, 1.82) is 0 Å². The molecule has 0 bridgehead atoms. The van der Waals surface area contributed by atoms with Gasteiger partial charge in [0.05, 0.1) is 7.11 Å². The topological polar surface area (TPSA) is 64.8 Å². The van der Waals surface area contributed by atoms with Gasteiger partial charge in [0.25, 0.3) is 0 Å². The first kappa shape index (κ1) is 16.6. The van der Waals surface area contributed by atoms with Crippen molar-refractivity contribution in [2.75, 3.05) is 20.2 Å². The van der Waals surface area contributed by atoms with Gasteiger partial charge in [-0.25, -0.2) is 4.79 Å². The number of amides is 1. The molecule has 1 amide bonds. The summed E-state index contributed by atoms with van der Waals surface area (Å²) in [6, 6.07) is 7.90. The van der Waals surface area contributed by atoms with Gasteiger partial charge in [0.1, 0.15) is 11.4 Å². The Kier molecular flexibility index (Phi) is 4.96. The summed E-state index contributed by atoms with van der Waals surface area (Å²) in [5.74, 6) is 1.09. The molecular weight excluding hydrogens is 280 g/mol. The molecule has 1 saturated heterocycles. The highest BCUT2D eigenvalue weighted by atomic mass is 16.6. The van der Waals surface area contributed by atoms with E-state index in [1.54, 1.807) is 12.0 Å². The summed E-state index contributed by atoms with van der Waals surface area (Å²) in [6.45, 7) is 6.80. The highest BCUT2D eigenvalue weighted by Gasteiger charge is 2.32. The van der Waals surface area contributed by atoms with Crippen LogP contribution in [-0.4, -0.2) is 42.8 Å². The zero-order valence-electron chi connectivity index (χ0n) is 13.8. The number of rotatable bonds is 2. The summed E-state index contributed by atoms with van der Waals surface area (Å²) in [4.78, 5) is 13.8. The summed E-state index contributed by atoms with van der Waals surface area (Å²) in [5.41, 5.74) is 7.01. The number of hydrogen-bond donors (Lipinski definition) is 1. The number of benzene rings is 1. The van der Waals surface area contributed by atoms with Gasteiger partial charge < -0.3 is 20.1 Å². The Balaban J connectivity index is 1.98. The van der Waals surface area contributed by atoms with E-state index < -0.39 is 5.60 Å². The van der Waals surface area contributed by atoms with E-state index in [1.165, 1.54) is 5.56 Å². The smallest absolute Gasteiger partial charge is 0.410 e. The van der Waals surface area contributed by atoms with Gasteiger partial charge >= 0.3 is 6.09 Å². The van der Waals surface area contributed by atoms with Crippen LogP contribution in [0.3, 0.4) is 0 Å². The van der Waals surface area contributed by atoms with Crippen molar-refractivity contribution in [1.82, 2.24) is 4.90 Å². The molecule has 0 spiro atoms. The molecule has 1 heterocycles. The van der Waals surface area contributed by atoms with Crippen LogP contribution in [0, 0.1) is 0 Å². The average Bonchev–Trinajstić information content (AvgIpc) is 2.45. The summed E-state index contributed by atoms with van der Waals surface area (Å²) in [6.07, 6.45) is 0.559. The van der Waals surface area contributed by atoms with Crippen LogP contribution in [0.2, 0.25) is 0 Å². The molecule has 1 fully saturated rings. The molecule has 1 aliphatic rings. The first-order valence-electron chi connectivity index (χ1n) is 7.67. The minimum atomic E-state index is -0.478. The quantitative estimate of drug-likeness (QED) is 0.912. The molecule has 1 aromatic carbocycles. The van der Waals surface area contributed by atoms with Crippen molar-refractivity contribution in [3.63, 3.8) is 0 Å². The lowest BCUT2D eigenvalue weighted by Gasteiger charge is -2.37. The molecule has 5 nitrogen and oxygen atoms in total. The molecule has 1 aliphatic heterocycles. The van der Waals surface area contributed by atoms with Gasteiger partial charge in [-0.1, -0.05) is 12.1 Å². The van der Waals surface area contributed by atoms with E-state index in [9.17, 15) is 4.79 Å². The van der Waals surface area contributed by atoms with Crippen LogP contribution in [0.4, 0.5) is 4.79 Å². The van der Waals surface area contributed by atoms with Gasteiger partial charge in [0.15, 0.2) is 0 Å². The van der Waals surface area contributed by atoms with Crippen LogP contribution in [0.25, 0.3) is 0 Å². The number of carbonyl (C=O) groups is 1. The number of likely N-dealkylation sites (tertiary alicyclic amines) is 1. The Morgan fingerprint density at radius 2 is 1.91 bits per heavy atom. The van der Waals surface area contributed by atoms with Gasteiger partial charge in [0, 0.05) is 25.0 Å². The highest BCUT2D eigenvalue weighted by Crippen LogP contribution is 2.29. The second kappa shape index (κ2) is 6.57. The molecule has 1 aromatic rings. The largest absolute Gasteiger partial charge is 0.497 e. The van der Waals surface area contributed by atoms with E-state index in [0.29, 0.717) is 13.1 Å².